The van der Waals surface area contributed by atoms with Crippen molar-refractivity contribution in [3.63, 3.8) is 0 Å². The third-order valence-electron chi connectivity index (χ3n) is 2.55. The summed E-state index contributed by atoms with van der Waals surface area (Å²) in [7, 11) is 2.96. The molecule has 0 aliphatic carbocycles. The predicted molar refractivity (Wildman–Crippen MR) is 69.8 cm³/mol. The van der Waals surface area contributed by atoms with E-state index in [1.165, 1.54) is 7.11 Å². The molecule has 1 aromatic heterocycles. The van der Waals surface area contributed by atoms with Crippen LogP contribution in [0.25, 0.3) is 0 Å². The summed E-state index contributed by atoms with van der Waals surface area (Å²) < 4.78 is 9.67. The Hall–Kier alpha value is -1.82. The highest BCUT2D eigenvalue weighted by atomic mass is 16.5. The number of carbonyl (C=O) groups excluding carboxylic acids is 1. The fourth-order valence-electron chi connectivity index (χ4n) is 1.55. The van der Waals surface area contributed by atoms with Gasteiger partial charge in [-0.05, 0) is 19.1 Å². The second-order valence-corrected chi connectivity index (χ2v) is 3.67. The minimum atomic E-state index is -0.473. The number of carbonyl (C=O) groups is 1. The van der Waals surface area contributed by atoms with Gasteiger partial charge in [0.25, 0.3) is 0 Å². The molecule has 6 heteroatoms. The molecule has 6 nitrogen and oxygen atoms in total. The van der Waals surface area contributed by atoms with Crippen molar-refractivity contribution >= 4 is 17.5 Å². The maximum atomic E-state index is 11.4. The van der Waals surface area contributed by atoms with Gasteiger partial charge < -0.3 is 20.1 Å². The molecule has 0 aliphatic rings. The van der Waals surface area contributed by atoms with E-state index in [4.69, 9.17) is 10.5 Å². The largest absolute Gasteiger partial charge is 0.464 e. The Morgan fingerprint density at radius 3 is 2.72 bits per heavy atom. The molecule has 100 valence electrons. The van der Waals surface area contributed by atoms with E-state index >= 15 is 0 Å². The smallest absolute Gasteiger partial charge is 0.356 e. The van der Waals surface area contributed by atoms with Gasteiger partial charge in [0.2, 0.25) is 0 Å². The molecule has 0 saturated heterocycles. The van der Waals surface area contributed by atoms with E-state index in [0.717, 1.165) is 6.54 Å². The van der Waals surface area contributed by atoms with Crippen molar-refractivity contribution < 1.29 is 14.3 Å². The van der Waals surface area contributed by atoms with E-state index in [2.05, 4.69) is 9.72 Å². The zero-order valence-corrected chi connectivity index (χ0v) is 11.0. The second kappa shape index (κ2) is 6.80. The highest BCUT2D eigenvalue weighted by molar-refractivity contribution is 5.88. The summed E-state index contributed by atoms with van der Waals surface area (Å²) in [6.07, 6.45) is 0. The number of ether oxygens (including phenoxy) is 2. The number of aromatic nitrogens is 1. The van der Waals surface area contributed by atoms with Crippen LogP contribution < -0.4 is 10.6 Å². The Morgan fingerprint density at radius 1 is 1.44 bits per heavy atom. The molecule has 2 N–H and O–H groups in total. The lowest BCUT2D eigenvalue weighted by Crippen LogP contribution is -2.29. The van der Waals surface area contributed by atoms with Crippen LogP contribution in [0.2, 0.25) is 0 Å². The van der Waals surface area contributed by atoms with Crippen molar-refractivity contribution in [2.45, 2.75) is 6.92 Å². The van der Waals surface area contributed by atoms with Crippen LogP contribution >= 0.6 is 0 Å². The van der Waals surface area contributed by atoms with E-state index in [1.54, 1.807) is 19.2 Å². The van der Waals surface area contributed by atoms with Gasteiger partial charge in [0.05, 0.1) is 19.4 Å². The highest BCUT2D eigenvalue weighted by Gasteiger charge is 2.14. The van der Waals surface area contributed by atoms with Crippen molar-refractivity contribution in [3.05, 3.63) is 17.8 Å². The number of hydrogen-bond donors (Lipinski definition) is 1. The van der Waals surface area contributed by atoms with Gasteiger partial charge in [0.1, 0.15) is 0 Å². The summed E-state index contributed by atoms with van der Waals surface area (Å²) in [5.74, 6) is 0.108. The SMILES string of the molecule is CCN(CCOC)c1nc(C(=O)OC)ccc1N. The van der Waals surface area contributed by atoms with Gasteiger partial charge in [-0.1, -0.05) is 0 Å². The summed E-state index contributed by atoms with van der Waals surface area (Å²) in [6, 6.07) is 3.21. The monoisotopic (exact) mass is 253 g/mol. The molecule has 0 atom stereocenters. The van der Waals surface area contributed by atoms with Crippen molar-refractivity contribution in [1.29, 1.82) is 0 Å². The van der Waals surface area contributed by atoms with Crippen LogP contribution in [0, 0.1) is 0 Å². The molecule has 0 radical (unpaired) electrons. The number of methoxy groups -OCH3 is 2. The average molecular weight is 253 g/mol. The van der Waals surface area contributed by atoms with Crippen LogP contribution in [-0.4, -0.2) is 44.9 Å². The van der Waals surface area contributed by atoms with Gasteiger partial charge in [-0.25, -0.2) is 9.78 Å². The first-order valence-corrected chi connectivity index (χ1v) is 5.72. The van der Waals surface area contributed by atoms with Gasteiger partial charge in [0.15, 0.2) is 11.5 Å². The van der Waals surface area contributed by atoms with Crippen LogP contribution in [0.3, 0.4) is 0 Å². The summed E-state index contributed by atoms with van der Waals surface area (Å²) in [5.41, 5.74) is 6.66. The molecular formula is C12H19N3O3. The maximum absolute atomic E-state index is 11.4. The number of pyridine rings is 1. The van der Waals surface area contributed by atoms with Gasteiger partial charge >= 0.3 is 5.97 Å². The summed E-state index contributed by atoms with van der Waals surface area (Å²) in [6.45, 7) is 3.94. The molecule has 0 saturated carbocycles. The Balaban J connectivity index is 3.00. The molecule has 0 amide bonds. The molecule has 0 aromatic carbocycles. The van der Waals surface area contributed by atoms with Gasteiger partial charge in [-0.2, -0.15) is 0 Å². The minimum Gasteiger partial charge on any atom is -0.464 e. The lowest BCUT2D eigenvalue weighted by molar-refractivity contribution is 0.0594. The van der Waals surface area contributed by atoms with Crippen molar-refractivity contribution in [3.8, 4) is 0 Å². The van der Waals surface area contributed by atoms with Crippen LogP contribution in [0.5, 0.6) is 0 Å². The quantitative estimate of drug-likeness (QED) is 0.760. The van der Waals surface area contributed by atoms with E-state index in [0.29, 0.717) is 24.7 Å². The molecule has 0 spiro atoms. The fourth-order valence-corrected chi connectivity index (χ4v) is 1.55. The predicted octanol–water partition coefficient (Wildman–Crippen LogP) is 0.923. The molecule has 18 heavy (non-hydrogen) atoms. The maximum Gasteiger partial charge on any atom is 0.356 e. The number of anilines is 2. The van der Waals surface area contributed by atoms with Crippen LogP contribution in [0.1, 0.15) is 17.4 Å². The van der Waals surface area contributed by atoms with Crippen LogP contribution in [0.4, 0.5) is 11.5 Å². The third kappa shape index (κ3) is 3.33. The first kappa shape index (κ1) is 14.2. The molecular weight excluding hydrogens is 234 g/mol. The van der Waals surface area contributed by atoms with E-state index in [1.807, 2.05) is 11.8 Å². The molecule has 0 unspecified atom stereocenters. The Kier molecular flexibility index (Phi) is 5.38. The number of esters is 1. The minimum absolute atomic E-state index is 0.248. The number of nitrogens with zero attached hydrogens (tertiary/aromatic N) is 2. The Labute approximate surface area is 107 Å². The molecule has 1 rings (SSSR count). The average Bonchev–Trinajstić information content (AvgIpc) is 2.40. The third-order valence-corrected chi connectivity index (χ3v) is 2.55. The molecule has 0 fully saturated rings. The van der Waals surface area contributed by atoms with E-state index in [-0.39, 0.29) is 5.69 Å². The van der Waals surface area contributed by atoms with Crippen molar-refractivity contribution in [1.82, 2.24) is 4.98 Å². The van der Waals surface area contributed by atoms with Gasteiger partial charge in [-0.15, -0.1) is 0 Å². The lowest BCUT2D eigenvalue weighted by atomic mass is 10.3. The van der Waals surface area contributed by atoms with Gasteiger partial charge in [-0.3, -0.25) is 0 Å². The normalized spacial score (nSPS) is 10.2. The first-order valence-electron chi connectivity index (χ1n) is 5.72. The zero-order chi connectivity index (χ0) is 13.5. The number of nitrogen functional groups attached to an aromatic ring is 1. The Morgan fingerprint density at radius 2 is 2.17 bits per heavy atom. The van der Waals surface area contributed by atoms with Crippen molar-refractivity contribution in [2.24, 2.45) is 0 Å². The molecule has 1 aromatic rings. The zero-order valence-electron chi connectivity index (χ0n) is 11.0. The summed E-state index contributed by atoms with van der Waals surface area (Å²) in [5, 5.41) is 0. The fraction of sp³-hybridized carbons (Fsp3) is 0.500. The Bertz CT molecular complexity index is 410. The van der Waals surface area contributed by atoms with Crippen LogP contribution in [0.15, 0.2) is 12.1 Å². The molecule has 0 bridgehead atoms. The van der Waals surface area contributed by atoms with E-state index in [9.17, 15) is 4.79 Å². The standard InChI is InChI=1S/C12H19N3O3/c1-4-15(7-8-17-2)11-9(13)5-6-10(14-11)12(16)18-3/h5-6H,4,7-8,13H2,1-3H3. The summed E-state index contributed by atoms with van der Waals surface area (Å²) in [4.78, 5) is 17.6. The highest BCUT2D eigenvalue weighted by Crippen LogP contribution is 2.20. The lowest BCUT2D eigenvalue weighted by Gasteiger charge is -2.23. The first-order chi connectivity index (χ1) is 8.63. The van der Waals surface area contributed by atoms with Crippen molar-refractivity contribution in [2.75, 3.05) is 44.5 Å². The number of rotatable bonds is 6. The number of hydrogen-bond acceptors (Lipinski definition) is 6. The topological polar surface area (TPSA) is 77.7 Å². The van der Waals surface area contributed by atoms with Crippen LogP contribution in [-0.2, 0) is 9.47 Å². The summed E-state index contributed by atoms with van der Waals surface area (Å²) >= 11 is 0. The second-order valence-electron chi connectivity index (χ2n) is 3.67. The number of likely N-dealkylation sites (N-methyl/N-ethyl adjacent to an activating group) is 1. The molecule has 1 heterocycles. The number of nitrogens with two attached hydrogens (primary N) is 1. The van der Waals surface area contributed by atoms with Gasteiger partial charge in [0, 0.05) is 20.2 Å². The van der Waals surface area contributed by atoms with E-state index < -0.39 is 5.97 Å². The molecule has 0 aliphatic heterocycles.